The van der Waals surface area contributed by atoms with Gasteiger partial charge in [0.2, 0.25) is 0 Å². The molecule has 0 aromatic rings. The van der Waals surface area contributed by atoms with Crippen molar-refractivity contribution in [3.8, 4) is 0 Å². The van der Waals surface area contributed by atoms with Crippen LogP contribution in [0.3, 0.4) is 0 Å². The first kappa shape index (κ1) is 18.1. The Morgan fingerprint density at radius 1 is 1.00 bits per heavy atom. The summed E-state index contributed by atoms with van der Waals surface area (Å²) in [4.78, 5) is 46.1. The number of cyclic esters (lactones) is 2. The molecule has 0 bridgehead atoms. The highest BCUT2D eigenvalue weighted by Gasteiger charge is 2.27. The van der Waals surface area contributed by atoms with Crippen LogP contribution in [-0.4, -0.2) is 46.8 Å². The molecule has 0 aromatic carbocycles. The molecule has 0 radical (unpaired) electrons. The summed E-state index contributed by atoms with van der Waals surface area (Å²) in [6.45, 7) is 3.76. The van der Waals surface area contributed by atoms with Gasteiger partial charge in [-0.3, -0.25) is 0 Å². The maximum Gasteiger partial charge on any atom is 0.339 e. The molecule has 2 N–H and O–H groups in total. The maximum atomic E-state index is 12.1. The van der Waals surface area contributed by atoms with Gasteiger partial charge in [-0.15, -0.1) is 0 Å². The van der Waals surface area contributed by atoms with E-state index in [9.17, 15) is 19.2 Å². The molecule has 124 valence electrons. The number of carboxylic acid groups (broad SMARTS) is 2. The third-order valence-electron chi connectivity index (χ3n) is 2.88. The molecule has 1 aliphatic heterocycles. The van der Waals surface area contributed by atoms with Crippen molar-refractivity contribution >= 4 is 23.9 Å². The van der Waals surface area contributed by atoms with Crippen LogP contribution >= 0.6 is 0 Å². The van der Waals surface area contributed by atoms with Gasteiger partial charge in [-0.25, -0.2) is 19.2 Å². The number of aliphatic carboxylic acids is 2. The molecule has 23 heavy (non-hydrogen) atoms. The number of rotatable bonds is 4. The summed E-state index contributed by atoms with van der Waals surface area (Å²) in [7, 11) is 0. The van der Waals surface area contributed by atoms with E-state index in [1.54, 1.807) is 0 Å². The van der Waals surface area contributed by atoms with Crippen LogP contribution in [0, 0.1) is 0 Å². The highest BCUT2D eigenvalue weighted by atomic mass is 16.6. The SMILES string of the molecule is CC(=CC1=C(C=C(C)C(=O)O)C(=O)OC(C)COC1=O)C(=O)O. The normalized spacial score (nSPS) is 20.4. The van der Waals surface area contributed by atoms with E-state index in [1.165, 1.54) is 20.8 Å². The van der Waals surface area contributed by atoms with Crippen LogP contribution in [0.1, 0.15) is 20.8 Å². The zero-order valence-electron chi connectivity index (χ0n) is 12.8. The molecule has 1 aliphatic rings. The van der Waals surface area contributed by atoms with Crippen LogP contribution in [0.25, 0.3) is 0 Å². The number of carbonyl (C=O) groups excluding carboxylic acids is 2. The Labute approximate surface area is 131 Å². The van der Waals surface area contributed by atoms with Gasteiger partial charge in [-0.2, -0.15) is 0 Å². The maximum absolute atomic E-state index is 12.1. The molecule has 0 fully saturated rings. The van der Waals surface area contributed by atoms with Gasteiger partial charge in [0.05, 0.1) is 11.1 Å². The second kappa shape index (κ2) is 7.39. The molecule has 0 aromatic heterocycles. The lowest BCUT2D eigenvalue weighted by molar-refractivity contribution is -0.155. The number of esters is 2. The predicted molar refractivity (Wildman–Crippen MR) is 76.3 cm³/mol. The van der Waals surface area contributed by atoms with E-state index in [-0.39, 0.29) is 28.9 Å². The fraction of sp³-hybridized carbons (Fsp3) is 0.333. The first-order valence-electron chi connectivity index (χ1n) is 6.59. The van der Waals surface area contributed by atoms with E-state index in [4.69, 9.17) is 19.7 Å². The molecule has 0 aliphatic carbocycles. The number of hydrogen-bond acceptors (Lipinski definition) is 6. The molecule has 8 heteroatoms. The van der Waals surface area contributed by atoms with Crippen LogP contribution in [0.2, 0.25) is 0 Å². The number of hydrogen-bond donors (Lipinski definition) is 2. The molecule has 0 spiro atoms. The molecule has 1 unspecified atom stereocenters. The number of carbonyl (C=O) groups is 4. The lowest BCUT2D eigenvalue weighted by Gasteiger charge is -2.19. The van der Waals surface area contributed by atoms with Gasteiger partial charge in [0.25, 0.3) is 0 Å². The van der Waals surface area contributed by atoms with Crippen molar-refractivity contribution in [1.29, 1.82) is 0 Å². The minimum absolute atomic E-state index is 0.192. The standard InChI is InChI=1S/C15H16O8/c1-7(12(16)17)4-10-11(5-8(2)13(18)19)15(21)23-9(3)6-22-14(10)20/h4-5,9H,6H2,1-3H3,(H,16,17)(H,18,19). The molecule has 0 amide bonds. The van der Waals surface area contributed by atoms with Gasteiger partial charge < -0.3 is 19.7 Å². The summed E-state index contributed by atoms with van der Waals surface area (Å²) < 4.78 is 9.94. The second-order valence-electron chi connectivity index (χ2n) is 4.91. The van der Waals surface area contributed by atoms with E-state index < -0.39 is 30.0 Å². The summed E-state index contributed by atoms with van der Waals surface area (Å²) in [5.74, 6) is -4.46. The minimum Gasteiger partial charge on any atom is -0.478 e. The lowest BCUT2D eigenvalue weighted by atomic mass is 10.0. The minimum atomic E-state index is -1.30. The first-order chi connectivity index (χ1) is 10.6. The first-order valence-corrected chi connectivity index (χ1v) is 6.59. The Balaban J connectivity index is 3.59. The van der Waals surface area contributed by atoms with Crippen LogP contribution < -0.4 is 0 Å². The number of carboxylic acids is 2. The molecule has 1 rings (SSSR count). The average Bonchev–Trinajstić information content (AvgIpc) is 2.46. The van der Waals surface area contributed by atoms with Gasteiger partial charge in [0.15, 0.2) is 0 Å². The monoisotopic (exact) mass is 324 g/mol. The zero-order valence-corrected chi connectivity index (χ0v) is 12.8. The van der Waals surface area contributed by atoms with E-state index in [0.29, 0.717) is 0 Å². The Kier molecular flexibility index (Phi) is 5.83. The smallest absolute Gasteiger partial charge is 0.339 e. The number of ether oxygens (including phenoxy) is 2. The largest absolute Gasteiger partial charge is 0.478 e. The summed E-state index contributed by atoms with van der Waals surface area (Å²) in [6.07, 6.45) is 1.18. The zero-order chi connectivity index (χ0) is 17.7. The average molecular weight is 324 g/mol. The van der Waals surface area contributed by atoms with E-state index >= 15 is 0 Å². The van der Waals surface area contributed by atoms with Crippen molar-refractivity contribution in [3.05, 3.63) is 34.4 Å². The Morgan fingerprint density at radius 3 is 1.87 bits per heavy atom. The summed E-state index contributed by atoms with van der Waals surface area (Å²) in [5.41, 5.74) is -1.20. The van der Waals surface area contributed by atoms with E-state index in [0.717, 1.165) is 12.2 Å². The fourth-order valence-electron chi connectivity index (χ4n) is 1.60. The van der Waals surface area contributed by atoms with Gasteiger partial charge in [0.1, 0.15) is 12.7 Å². The highest BCUT2D eigenvalue weighted by molar-refractivity contribution is 6.06. The van der Waals surface area contributed by atoms with Gasteiger partial charge in [-0.1, -0.05) is 0 Å². The highest BCUT2D eigenvalue weighted by Crippen LogP contribution is 2.19. The topological polar surface area (TPSA) is 127 Å². The van der Waals surface area contributed by atoms with Crippen LogP contribution in [0.4, 0.5) is 0 Å². The molecule has 1 atom stereocenters. The summed E-state index contributed by atoms with van der Waals surface area (Å²) in [6, 6.07) is 0. The lowest BCUT2D eigenvalue weighted by Crippen LogP contribution is -2.28. The van der Waals surface area contributed by atoms with E-state index in [1.807, 2.05) is 0 Å². The molecular weight excluding hydrogens is 308 g/mol. The van der Waals surface area contributed by atoms with Crippen molar-refractivity contribution in [3.63, 3.8) is 0 Å². The van der Waals surface area contributed by atoms with Crippen molar-refractivity contribution < 1.29 is 38.9 Å². The third kappa shape index (κ3) is 4.80. The van der Waals surface area contributed by atoms with Crippen molar-refractivity contribution in [2.75, 3.05) is 6.61 Å². The quantitative estimate of drug-likeness (QED) is 0.575. The van der Waals surface area contributed by atoms with Crippen molar-refractivity contribution in [2.45, 2.75) is 26.9 Å². The molecule has 0 saturated heterocycles. The predicted octanol–water partition coefficient (Wildman–Crippen LogP) is 0.833. The molecule has 0 saturated carbocycles. The van der Waals surface area contributed by atoms with Crippen LogP contribution in [0.15, 0.2) is 34.4 Å². The van der Waals surface area contributed by atoms with Crippen LogP contribution in [-0.2, 0) is 28.7 Å². The third-order valence-corrected chi connectivity index (χ3v) is 2.88. The second-order valence-corrected chi connectivity index (χ2v) is 4.91. The Morgan fingerprint density at radius 2 is 1.43 bits per heavy atom. The Hall–Kier alpha value is -2.90. The molecule has 8 nitrogen and oxygen atoms in total. The van der Waals surface area contributed by atoms with Gasteiger partial charge >= 0.3 is 23.9 Å². The van der Waals surface area contributed by atoms with E-state index in [2.05, 4.69) is 0 Å². The van der Waals surface area contributed by atoms with Gasteiger partial charge in [-0.05, 0) is 32.9 Å². The summed E-state index contributed by atoms with van der Waals surface area (Å²) >= 11 is 0. The molecule has 1 heterocycles. The van der Waals surface area contributed by atoms with Crippen LogP contribution in [0.5, 0.6) is 0 Å². The van der Waals surface area contributed by atoms with Crippen molar-refractivity contribution in [2.24, 2.45) is 0 Å². The fourth-order valence-corrected chi connectivity index (χ4v) is 1.60. The Bertz CT molecular complexity index is 650. The van der Waals surface area contributed by atoms with Gasteiger partial charge in [0, 0.05) is 11.1 Å². The van der Waals surface area contributed by atoms with Crippen molar-refractivity contribution in [1.82, 2.24) is 0 Å². The molecular formula is C15H16O8. The summed E-state index contributed by atoms with van der Waals surface area (Å²) in [5, 5.41) is 17.9.